The molecular formula is C3HF4O2. The van der Waals surface area contributed by atoms with Crippen LogP contribution in [-0.2, 0) is 9.90 Å². The van der Waals surface area contributed by atoms with E-state index >= 15 is 0 Å². The topological polar surface area (TPSA) is 37.0 Å². The van der Waals surface area contributed by atoms with Crippen molar-refractivity contribution in [2.24, 2.45) is 0 Å². The van der Waals surface area contributed by atoms with E-state index in [1.807, 2.05) is 0 Å². The first kappa shape index (κ1) is 8.35. The first-order valence-electron chi connectivity index (χ1n) is 1.76. The molecule has 0 aliphatic rings. The van der Waals surface area contributed by atoms with Crippen molar-refractivity contribution in [3.63, 3.8) is 0 Å². The summed E-state index contributed by atoms with van der Waals surface area (Å²) in [5.74, 6) is -4.89. The molecule has 0 saturated carbocycles. The van der Waals surface area contributed by atoms with Gasteiger partial charge in [-0.15, -0.1) is 0 Å². The molecular weight excluding hydrogens is 144 g/mol. The Labute approximate surface area is 47.1 Å². The van der Waals surface area contributed by atoms with Gasteiger partial charge in [0.05, 0.1) is 0 Å². The molecule has 0 heterocycles. The van der Waals surface area contributed by atoms with Crippen LogP contribution >= 0.6 is 0 Å². The van der Waals surface area contributed by atoms with Gasteiger partial charge in [0.15, 0.2) is 0 Å². The standard InChI is InChI=1S/C3HF4O2/c4-1(5)3(7,9)2(6)8/h1H. The molecule has 1 atom stereocenters. The van der Waals surface area contributed by atoms with E-state index in [-0.39, 0.29) is 0 Å². The van der Waals surface area contributed by atoms with Crippen LogP contribution in [0.1, 0.15) is 0 Å². The van der Waals surface area contributed by atoms with Crippen LogP contribution in [0.4, 0.5) is 17.6 Å². The smallest absolute Gasteiger partial charge is 0.254 e. The van der Waals surface area contributed by atoms with Crippen LogP contribution in [0, 0.1) is 0 Å². The molecule has 0 aromatic rings. The number of hydrogen-bond donors (Lipinski definition) is 0. The van der Waals surface area contributed by atoms with Gasteiger partial charge in [-0.1, -0.05) is 0 Å². The molecule has 0 aliphatic carbocycles. The monoisotopic (exact) mass is 145 g/mol. The molecule has 9 heavy (non-hydrogen) atoms. The molecule has 0 rings (SSSR count). The fourth-order valence-electron chi connectivity index (χ4n) is 0.0858. The average molecular weight is 145 g/mol. The molecule has 1 unspecified atom stereocenters. The molecule has 0 saturated heterocycles. The lowest BCUT2D eigenvalue weighted by atomic mass is 10.3. The van der Waals surface area contributed by atoms with E-state index in [4.69, 9.17) is 4.79 Å². The summed E-state index contributed by atoms with van der Waals surface area (Å²) in [6.07, 6.45) is -4.16. The van der Waals surface area contributed by atoms with Crippen LogP contribution in [0.5, 0.6) is 0 Å². The van der Waals surface area contributed by atoms with Crippen LogP contribution in [0.25, 0.3) is 0 Å². The lowest BCUT2D eigenvalue weighted by Crippen LogP contribution is -2.37. The van der Waals surface area contributed by atoms with E-state index in [0.717, 1.165) is 0 Å². The molecule has 0 spiro atoms. The Morgan fingerprint density at radius 3 is 1.78 bits per heavy atom. The Morgan fingerprint density at radius 2 is 1.78 bits per heavy atom. The molecule has 0 amide bonds. The molecule has 0 aromatic carbocycles. The van der Waals surface area contributed by atoms with Gasteiger partial charge in [-0.3, -0.25) is 4.79 Å². The van der Waals surface area contributed by atoms with Crippen LogP contribution in [-0.4, -0.2) is 18.3 Å². The molecule has 2 nitrogen and oxygen atoms in total. The number of rotatable bonds is 2. The van der Waals surface area contributed by atoms with E-state index in [1.165, 1.54) is 0 Å². The molecule has 0 aromatic heterocycles. The summed E-state index contributed by atoms with van der Waals surface area (Å²) in [6, 6.07) is -3.20. The molecule has 1 radical (unpaired) electrons. The van der Waals surface area contributed by atoms with E-state index < -0.39 is 18.3 Å². The minimum Gasteiger partial charge on any atom is -0.254 e. The molecule has 0 N–H and O–H groups in total. The van der Waals surface area contributed by atoms with Crippen molar-refractivity contribution in [1.82, 2.24) is 0 Å². The Bertz CT molecular complexity index is 121. The minimum atomic E-state index is -4.89. The largest absolute Gasteiger partial charge is 0.388 e. The first-order chi connectivity index (χ1) is 3.89. The molecule has 6 heteroatoms. The highest BCUT2D eigenvalue weighted by Gasteiger charge is 2.49. The molecule has 0 fully saturated rings. The Kier molecular flexibility index (Phi) is 2.13. The van der Waals surface area contributed by atoms with Crippen LogP contribution in [0.3, 0.4) is 0 Å². The normalized spacial score (nSPS) is 17.6. The van der Waals surface area contributed by atoms with Crippen molar-refractivity contribution in [2.75, 3.05) is 0 Å². The van der Waals surface area contributed by atoms with Crippen LogP contribution in [0.15, 0.2) is 0 Å². The van der Waals surface area contributed by atoms with Gasteiger partial charge in [0, 0.05) is 0 Å². The highest BCUT2D eigenvalue weighted by atomic mass is 19.3. The van der Waals surface area contributed by atoms with Gasteiger partial charge in [-0.2, -0.15) is 13.9 Å². The van der Waals surface area contributed by atoms with Crippen molar-refractivity contribution < 1.29 is 27.5 Å². The Balaban J connectivity index is 4.19. The van der Waals surface area contributed by atoms with Crippen molar-refractivity contribution in [3.8, 4) is 0 Å². The SMILES string of the molecule is [O]C(F)(C(=O)F)C(F)F. The number of carbonyl (C=O) groups is 1. The third-order valence-corrected chi connectivity index (χ3v) is 0.549. The predicted octanol–water partition coefficient (Wildman–Crippen LogP) is 0.844. The quantitative estimate of drug-likeness (QED) is 0.419. The number of hydrogen-bond acceptors (Lipinski definition) is 1. The van der Waals surface area contributed by atoms with Gasteiger partial charge in [-0.25, -0.2) is 8.78 Å². The van der Waals surface area contributed by atoms with Crippen LogP contribution in [0.2, 0.25) is 0 Å². The van der Waals surface area contributed by atoms with E-state index in [0.29, 0.717) is 0 Å². The fraction of sp³-hybridized carbons (Fsp3) is 0.667. The maximum Gasteiger partial charge on any atom is 0.388 e. The van der Waals surface area contributed by atoms with Crippen molar-refractivity contribution in [2.45, 2.75) is 12.3 Å². The van der Waals surface area contributed by atoms with Crippen molar-refractivity contribution in [1.29, 1.82) is 0 Å². The van der Waals surface area contributed by atoms with E-state index in [2.05, 4.69) is 0 Å². The molecule has 53 valence electrons. The second-order valence-corrected chi connectivity index (χ2v) is 1.22. The zero-order valence-electron chi connectivity index (χ0n) is 3.91. The highest BCUT2D eigenvalue weighted by molar-refractivity contribution is 5.76. The average Bonchev–Trinajstić information content (AvgIpc) is 1.65. The van der Waals surface area contributed by atoms with Gasteiger partial charge < -0.3 is 0 Å². The maximum atomic E-state index is 11.3. The van der Waals surface area contributed by atoms with Crippen molar-refractivity contribution in [3.05, 3.63) is 0 Å². The number of alkyl halides is 3. The number of halogens is 4. The second kappa shape index (κ2) is 2.30. The summed E-state index contributed by atoms with van der Waals surface area (Å²) in [5.41, 5.74) is 0. The zero-order chi connectivity index (χ0) is 7.65. The summed E-state index contributed by atoms with van der Waals surface area (Å²) in [4.78, 5) is 9.07. The third kappa shape index (κ3) is 1.63. The van der Waals surface area contributed by atoms with E-state index in [9.17, 15) is 22.7 Å². The lowest BCUT2D eigenvalue weighted by molar-refractivity contribution is -0.228. The van der Waals surface area contributed by atoms with Gasteiger partial charge >= 0.3 is 18.3 Å². The van der Waals surface area contributed by atoms with Gasteiger partial charge in [0.25, 0.3) is 0 Å². The minimum absolute atomic E-state index is 3.20. The zero-order valence-corrected chi connectivity index (χ0v) is 3.91. The number of carbonyl (C=O) groups excluding carboxylic acids is 1. The maximum absolute atomic E-state index is 11.3. The Hall–Kier alpha value is -0.650. The molecule has 0 aliphatic heterocycles. The fourth-order valence-corrected chi connectivity index (χ4v) is 0.0858. The van der Waals surface area contributed by atoms with Gasteiger partial charge in [-0.05, 0) is 0 Å². The Morgan fingerprint density at radius 1 is 1.44 bits per heavy atom. The van der Waals surface area contributed by atoms with Gasteiger partial charge in [0.1, 0.15) is 0 Å². The predicted molar refractivity (Wildman–Crippen MR) is 16.6 cm³/mol. The third-order valence-electron chi connectivity index (χ3n) is 0.549. The van der Waals surface area contributed by atoms with Crippen LogP contribution < -0.4 is 0 Å². The summed E-state index contributed by atoms with van der Waals surface area (Å²) < 4.78 is 44.1. The van der Waals surface area contributed by atoms with Crippen molar-refractivity contribution >= 4 is 6.04 Å². The van der Waals surface area contributed by atoms with Gasteiger partial charge in [0.2, 0.25) is 0 Å². The lowest BCUT2D eigenvalue weighted by Gasteiger charge is -2.06. The molecule has 0 bridgehead atoms. The summed E-state index contributed by atoms with van der Waals surface area (Å²) in [6.45, 7) is 0. The second-order valence-electron chi connectivity index (χ2n) is 1.22. The summed E-state index contributed by atoms with van der Waals surface area (Å²) in [7, 11) is 0. The first-order valence-corrected chi connectivity index (χ1v) is 1.76. The summed E-state index contributed by atoms with van der Waals surface area (Å²) in [5, 5.41) is 9.36. The summed E-state index contributed by atoms with van der Waals surface area (Å²) >= 11 is 0. The van der Waals surface area contributed by atoms with E-state index in [1.54, 1.807) is 0 Å². The highest BCUT2D eigenvalue weighted by Crippen LogP contribution is 2.19.